The first-order chi connectivity index (χ1) is 15.1. The van der Waals surface area contributed by atoms with Gasteiger partial charge in [-0.15, -0.1) is 0 Å². The van der Waals surface area contributed by atoms with Crippen LogP contribution >= 0.6 is 0 Å². The third-order valence-corrected chi connectivity index (χ3v) is 6.01. The summed E-state index contributed by atoms with van der Waals surface area (Å²) in [6, 6.07) is 16.8. The van der Waals surface area contributed by atoms with Crippen LogP contribution in [0, 0.1) is 17.1 Å². The van der Waals surface area contributed by atoms with Gasteiger partial charge in [0.2, 0.25) is 0 Å². The number of hydrogen-bond acceptors (Lipinski definition) is 5. The van der Waals surface area contributed by atoms with E-state index in [9.17, 15) is 9.18 Å². The Morgan fingerprint density at radius 3 is 2.39 bits per heavy atom. The number of amides is 1. The van der Waals surface area contributed by atoms with Gasteiger partial charge in [-0.3, -0.25) is 4.90 Å². The molecule has 162 valence electrons. The molecule has 31 heavy (non-hydrogen) atoms. The summed E-state index contributed by atoms with van der Waals surface area (Å²) in [6.45, 7) is 4.81. The summed E-state index contributed by atoms with van der Waals surface area (Å²) < 4.78 is 20.0. The largest absolute Gasteiger partial charge is 0.446 e. The number of carbonyl (C=O) groups excluding carboxylic acids is 1. The molecule has 0 aromatic heterocycles. The second-order valence-electron chi connectivity index (χ2n) is 8.10. The monoisotopic (exact) mass is 422 g/mol. The van der Waals surface area contributed by atoms with E-state index in [0.29, 0.717) is 37.4 Å². The van der Waals surface area contributed by atoms with Gasteiger partial charge in [0.15, 0.2) is 0 Å². The number of piperazine rings is 1. The van der Waals surface area contributed by atoms with Crippen molar-refractivity contribution in [2.45, 2.75) is 25.5 Å². The zero-order valence-corrected chi connectivity index (χ0v) is 17.5. The molecule has 2 aromatic carbocycles. The minimum Gasteiger partial charge on any atom is -0.446 e. The Morgan fingerprint density at radius 1 is 1.03 bits per heavy atom. The number of piperidine rings is 1. The van der Waals surface area contributed by atoms with Crippen molar-refractivity contribution >= 4 is 11.8 Å². The normalized spacial score (nSPS) is 17.9. The molecule has 0 unspecified atom stereocenters. The van der Waals surface area contributed by atoms with Crippen LogP contribution in [0.5, 0.6) is 0 Å². The number of hydrogen-bond donors (Lipinski definition) is 0. The van der Waals surface area contributed by atoms with Gasteiger partial charge in [0.05, 0.1) is 17.3 Å². The van der Waals surface area contributed by atoms with Crippen molar-refractivity contribution in [2.24, 2.45) is 0 Å². The van der Waals surface area contributed by atoms with Gasteiger partial charge in [-0.2, -0.15) is 5.26 Å². The van der Waals surface area contributed by atoms with Crippen molar-refractivity contribution in [3.63, 3.8) is 0 Å². The van der Waals surface area contributed by atoms with Crippen LogP contribution in [0.3, 0.4) is 0 Å². The number of anilines is 1. The van der Waals surface area contributed by atoms with Gasteiger partial charge in [-0.25, -0.2) is 9.18 Å². The summed E-state index contributed by atoms with van der Waals surface area (Å²) in [6.07, 6.45) is 1.36. The highest BCUT2D eigenvalue weighted by molar-refractivity contribution is 5.68. The molecule has 2 aliphatic rings. The molecule has 2 heterocycles. The van der Waals surface area contributed by atoms with Crippen LogP contribution in [0.4, 0.5) is 14.9 Å². The maximum atomic E-state index is 14.3. The summed E-state index contributed by atoms with van der Waals surface area (Å²) >= 11 is 0. The minimum atomic E-state index is -0.405. The van der Waals surface area contributed by atoms with Crippen molar-refractivity contribution in [1.82, 2.24) is 9.80 Å². The topological polar surface area (TPSA) is 59.8 Å². The lowest BCUT2D eigenvalue weighted by Gasteiger charge is -2.37. The van der Waals surface area contributed by atoms with E-state index in [1.165, 1.54) is 11.6 Å². The fraction of sp³-hybridized carbons (Fsp3) is 0.417. The standard InChI is InChI=1S/C24H27FN4O2/c25-22-16-20(17-26)6-7-23(22)28-12-14-29(15-13-28)24(30)31-21-8-10-27(11-9-21)18-19-4-2-1-3-5-19/h1-7,16,21H,8-15,18H2. The Balaban J connectivity index is 1.21. The van der Waals surface area contributed by atoms with E-state index in [4.69, 9.17) is 10.00 Å². The number of benzene rings is 2. The summed E-state index contributed by atoms with van der Waals surface area (Å²) in [5.41, 5.74) is 2.07. The molecule has 0 aliphatic carbocycles. The van der Waals surface area contributed by atoms with Crippen molar-refractivity contribution in [3.8, 4) is 6.07 Å². The van der Waals surface area contributed by atoms with Gasteiger partial charge < -0.3 is 14.5 Å². The Bertz CT molecular complexity index is 930. The van der Waals surface area contributed by atoms with E-state index in [1.54, 1.807) is 17.0 Å². The second kappa shape index (κ2) is 9.80. The summed E-state index contributed by atoms with van der Waals surface area (Å²) in [5, 5.41) is 8.88. The lowest BCUT2D eigenvalue weighted by Crippen LogP contribution is -2.50. The van der Waals surface area contributed by atoms with Crippen LogP contribution in [-0.2, 0) is 11.3 Å². The lowest BCUT2D eigenvalue weighted by atomic mass is 10.1. The van der Waals surface area contributed by atoms with Crippen LogP contribution in [0.15, 0.2) is 48.5 Å². The number of nitrogens with zero attached hydrogens (tertiary/aromatic N) is 4. The Labute approximate surface area is 182 Å². The molecule has 4 rings (SSSR count). The third kappa shape index (κ3) is 5.33. The Morgan fingerprint density at radius 2 is 1.74 bits per heavy atom. The average molecular weight is 423 g/mol. The fourth-order valence-electron chi connectivity index (χ4n) is 4.21. The van der Waals surface area contributed by atoms with Gasteiger partial charge in [0.1, 0.15) is 11.9 Å². The molecule has 0 saturated carbocycles. The predicted molar refractivity (Wildman–Crippen MR) is 116 cm³/mol. The van der Waals surface area contributed by atoms with E-state index in [0.717, 1.165) is 32.5 Å². The van der Waals surface area contributed by atoms with Crippen LogP contribution in [0.25, 0.3) is 0 Å². The van der Waals surface area contributed by atoms with Crippen LogP contribution in [-0.4, -0.2) is 61.3 Å². The predicted octanol–water partition coefficient (Wildman–Crippen LogP) is 3.62. The fourth-order valence-corrected chi connectivity index (χ4v) is 4.21. The molecule has 2 aliphatic heterocycles. The molecular formula is C24H27FN4O2. The van der Waals surface area contributed by atoms with Crippen molar-refractivity contribution in [1.29, 1.82) is 5.26 Å². The summed E-state index contributed by atoms with van der Waals surface area (Å²) in [4.78, 5) is 18.6. The molecule has 1 amide bonds. The number of halogens is 1. The zero-order chi connectivity index (χ0) is 21.6. The van der Waals surface area contributed by atoms with E-state index < -0.39 is 5.82 Å². The maximum absolute atomic E-state index is 14.3. The molecular weight excluding hydrogens is 395 g/mol. The van der Waals surface area contributed by atoms with Crippen molar-refractivity contribution in [2.75, 3.05) is 44.2 Å². The Hall–Kier alpha value is -3.11. The van der Waals surface area contributed by atoms with Crippen molar-refractivity contribution < 1.29 is 13.9 Å². The molecule has 2 aromatic rings. The molecule has 0 spiro atoms. The molecule has 6 nitrogen and oxygen atoms in total. The zero-order valence-electron chi connectivity index (χ0n) is 17.5. The summed E-state index contributed by atoms with van der Waals surface area (Å²) in [7, 11) is 0. The molecule has 0 N–H and O–H groups in total. The highest BCUT2D eigenvalue weighted by atomic mass is 19.1. The SMILES string of the molecule is N#Cc1ccc(N2CCN(C(=O)OC3CCN(Cc4ccccc4)CC3)CC2)c(F)c1. The molecule has 2 fully saturated rings. The van der Waals surface area contributed by atoms with Crippen LogP contribution in [0.2, 0.25) is 0 Å². The Kier molecular flexibility index (Phi) is 6.68. The van der Waals surface area contributed by atoms with Crippen molar-refractivity contribution in [3.05, 3.63) is 65.5 Å². The van der Waals surface area contributed by atoms with E-state index in [-0.39, 0.29) is 12.2 Å². The van der Waals surface area contributed by atoms with Gasteiger partial charge >= 0.3 is 6.09 Å². The van der Waals surface area contributed by atoms with Gasteiger partial charge in [0, 0.05) is 45.8 Å². The highest BCUT2D eigenvalue weighted by Gasteiger charge is 2.28. The number of rotatable bonds is 4. The van der Waals surface area contributed by atoms with Crippen LogP contribution in [0.1, 0.15) is 24.0 Å². The molecule has 2 saturated heterocycles. The number of ether oxygens (including phenoxy) is 1. The highest BCUT2D eigenvalue weighted by Crippen LogP contribution is 2.23. The molecule has 7 heteroatoms. The van der Waals surface area contributed by atoms with E-state index in [2.05, 4.69) is 29.2 Å². The van der Waals surface area contributed by atoms with Gasteiger partial charge in [-0.05, 0) is 36.6 Å². The maximum Gasteiger partial charge on any atom is 0.410 e. The third-order valence-electron chi connectivity index (χ3n) is 6.01. The molecule has 0 bridgehead atoms. The molecule has 0 radical (unpaired) electrons. The number of carbonyl (C=O) groups is 1. The average Bonchev–Trinajstić information content (AvgIpc) is 2.81. The first kappa shape index (κ1) is 21.1. The van der Waals surface area contributed by atoms with E-state index >= 15 is 0 Å². The number of nitriles is 1. The quantitative estimate of drug-likeness (QED) is 0.753. The van der Waals surface area contributed by atoms with Crippen LogP contribution < -0.4 is 4.90 Å². The second-order valence-corrected chi connectivity index (χ2v) is 8.10. The first-order valence-electron chi connectivity index (χ1n) is 10.8. The number of likely N-dealkylation sites (tertiary alicyclic amines) is 1. The first-order valence-corrected chi connectivity index (χ1v) is 10.8. The lowest BCUT2D eigenvalue weighted by molar-refractivity contribution is 0.0261. The minimum absolute atomic E-state index is 0.0477. The van der Waals surface area contributed by atoms with E-state index in [1.807, 2.05) is 17.0 Å². The molecule has 0 atom stereocenters. The smallest absolute Gasteiger partial charge is 0.410 e. The summed E-state index contributed by atoms with van der Waals surface area (Å²) in [5.74, 6) is -0.405. The van der Waals surface area contributed by atoms with Gasteiger partial charge in [0.25, 0.3) is 0 Å². The van der Waals surface area contributed by atoms with Gasteiger partial charge in [-0.1, -0.05) is 30.3 Å².